The Kier molecular flexibility index (Phi) is 4.21. The summed E-state index contributed by atoms with van der Waals surface area (Å²) in [6, 6.07) is 8.19. The van der Waals surface area contributed by atoms with Gasteiger partial charge in [0, 0.05) is 11.1 Å². The van der Waals surface area contributed by atoms with Crippen molar-refractivity contribution in [2.75, 3.05) is 17.3 Å². The Bertz CT molecular complexity index is 737. The minimum absolute atomic E-state index is 0.0836. The highest BCUT2D eigenvalue weighted by molar-refractivity contribution is 7.94. The normalized spacial score (nSPS) is 21.8. The molecule has 0 bridgehead atoms. The van der Waals surface area contributed by atoms with E-state index in [2.05, 4.69) is 0 Å². The van der Waals surface area contributed by atoms with E-state index < -0.39 is 21.8 Å². The second-order valence-corrected chi connectivity index (χ2v) is 7.64. The number of ether oxygens (including phenoxy) is 1. The lowest BCUT2D eigenvalue weighted by molar-refractivity contribution is -0.149. The van der Waals surface area contributed by atoms with Crippen LogP contribution in [0.5, 0.6) is 0 Å². The van der Waals surface area contributed by atoms with Crippen molar-refractivity contribution in [2.24, 2.45) is 5.92 Å². The Morgan fingerprint density at radius 2 is 1.87 bits per heavy atom. The number of carbonyl (C=O) groups excluding carboxylic acids is 2. The molecule has 0 saturated heterocycles. The Balaban J connectivity index is 1.76. The third-order valence-corrected chi connectivity index (χ3v) is 5.17. The molecule has 6 nitrogen and oxygen atoms in total. The molecule has 1 amide bonds. The summed E-state index contributed by atoms with van der Waals surface area (Å²) in [6.07, 6.45) is 3.10. The van der Waals surface area contributed by atoms with E-state index in [1.165, 1.54) is 11.0 Å². The van der Waals surface area contributed by atoms with Crippen molar-refractivity contribution in [3.05, 3.63) is 41.8 Å². The first-order valence-electron chi connectivity index (χ1n) is 7.41. The van der Waals surface area contributed by atoms with Crippen LogP contribution in [0.2, 0.25) is 0 Å². The number of amides is 1. The first kappa shape index (κ1) is 15.7. The van der Waals surface area contributed by atoms with Crippen LogP contribution in [-0.4, -0.2) is 38.7 Å². The van der Waals surface area contributed by atoms with Crippen molar-refractivity contribution in [3.63, 3.8) is 0 Å². The summed E-state index contributed by atoms with van der Waals surface area (Å²) in [6.45, 7) is -0.380. The fourth-order valence-corrected chi connectivity index (χ4v) is 3.74. The van der Waals surface area contributed by atoms with Gasteiger partial charge in [-0.15, -0.1) is 0 Å². The molecule has 1 fully saturated rings. The summed E-state index contributed by atoms with van der Waals surface area (Å²) in [7, 11) is -3.30. The Labute approximate surface area is 134 Å². The number of anilines is 1. The van der Waals surface area contributed by atoms with Gasteiger partial charge in [0.05, 0.1) is 17.7 Å². The number of esters is 1. The monoisotopic (exact) mass is 335 g/mol. The fraction of sp³-hybridized carbons (Fsp3) is 0.375. The molecule has 1 aromatic rings. The van der Waals surface area contributed by atoms with Crippen LogP contribution in [0.3, 0.4) is 0 Å². The molecule has 0 N–H and O–H groups in total. The number of para-hydroxylation sites is 1. The summed E-state index contributed by atoms with van der Waals surface area (Å²) in [5.74, 6) is -1.04. The summed E-state index contributed by atoms with van der Waals surface area (Å²) in [5.41, 5.74) is 0.576. The molecule has 122 valence electrons. The quantitative estimate of drug-likeness (QED) is 0.757. The lowest BCUT2D eigenvalue weighted by Crippen LogP contribution is -2.43. The van der Waals surface area contributed by atoms with E-state index in [1.807, 2.05) is 0 Å². The minimum atomic E-state index is -3.30. The van der Waals surface area contributed by atoms with Crippen molar-refractivity contribution in [3.8, 4) is 0 Å². The number of carbonyl (C=O) groups is 2. The summed E-state index contributed by atoms with van der Waals surface area (Å²) >= 11 is 0. The smallest absolute Gasteiger partial charge is 0.309 e. The molecule has 1 atom stereocenters. The second-order valence-electron chi connectivity index (χ2n) is 5.71. The topological polar surface area (TPSA) is 80.8 Å². The van der Waals surface area contributed by atoms with Crippen LogP contribution in [-0.2, 0) is 24.2 Å². The molecule has 0 aromatic heterocycles. The third kappa shape index (κ3) is 3.79. The van der Waals surface area contributed by atoms with Gasteiger partial charge in [-0.3, -0.25) is 9.59 Å². The molecule has 1 heterocycles. The van der Waals surface area contributed by atoms with E-state index in [0.717, 1.165) is 18.2 Å². The van der Waals surface area contributed by atoms with E-state index >= 15 is 0 Å². The SMILES string of the molecule is O=C(OCC(=O)N(c1ccccc1)[C@H]1C=CS(=O)(=O)C1)C1CC1. The van der Waals surface area contributed by atoms with Gasteiger partial charge in [0.25, 0.3) is 5.91 Å². The molecule has 23 heavy (non-hydrogen) atoms. The van der Waals surface area contributed by atoms with Gasteiger partial charge in [-0.1, -0.05) is 18.2 Å². The number of benzene rings is 1. The van der Waals surface area contributed by atoms with E-state index in [-0.39, 0.29) is 24.2 Å². The van der Waals surface area contributed by atoms with Gasteiger partial charge < -0.3 is 9.64 Å². The van der Waals surface area contributed by atoms with Crippen LogP contribution in [0.15, 0.2) is 41.8 Å². The number of nitrogens with zero attached hydrogens (tertiary/aromatic N) is 1. The minimum Gasteiger partial charge on any atom is -0.455 e. The van der Waals surface area contributed by atoms with Crippen LogP contribution in [0, 0.1) is 5.92 Å². The van der Waals surface area contributed by atoms with Crippen molar-refractivity contribution < 1.29 is 22.7 Å². The van der Waals surface area contributed by atoms with E-state index in [1.54, 1.807) is 30.3 Å². The zero-order valence-electron chi connectivity index (χ0n) is 12.4. The molecule has 2 aliphatic rings. The Morgan fingerprint density at radius 3 is 2.43 bits per heavy atom. The molecule has 1 aromatic carbocycles. The number of sulfone groups is 1. The van der Waals surface area contributed by atoms with Gasteiger partial charge in [-0.05, 0) is 31.1 Å². The van der Waals surface area contributed by atoms with Gasteiger partial charge in [0.1, 0.15) is 0 Å². The number of rotatable bonds is 5. The number of hydrogen-bond acceptors (Lipinski definition) is 5. The van der Waals surface area contributed by atoms with Crippen molar-refractivity contribution in [2.45, 2.75) is 18.9 Å². The van der Waals surface area contributed by atoms with Crippen LogP contribution < -0.4 is 4.90 Å². The standard InChI is InChI=1S/C16H17NO5S/c18-15(10-22-16(19)12-6-7-12)17(13-4-2-1-3-5-13)14-8-9-23(20,21)11-14/h1-5,8-9,12,14H,6-7,10-11H2/t14-/m0/s1. The molecule has 1 saturated carbocycles. The second kappa shape index (κ2) is 6.16. The summed E-state index contributed by atoms with van der Waals surface area (Å²) in [4.78, 5) is 25.5. The zero-order chi connectivity index (χ0) is 16.4. The van der Waals surface area contributed by atoms with Crippen molar-refractivity contribution in [1.29, 1.82) is 0 Å². The predicted molar refractivity (Wildman–Crippen MR) is 84.3 cm³/mol. The van der Waals surface area contributed by atoms with Crippen LogP contribution >= 0.6 is 0 Å². The van der Waals surface area contributed by atoms with Crippen molar-refractivity contribution >= 4 is 27.4 Å². The molecule has 0 spiro atoms. The van der Waals surface area contributed by atoms with Gasteiger partial charge in [0.2, 0.25) is 0 Å². The highest BCUT2D eigenvalue weighted by Gasteiger charge is 2.34. The molecule has 0 radical (unpaired) electrons. The molecular formula is C16H17NO5S. The summed E-state index contributed by atoms with van der Waals surface area (Å²) < 4.78 is 28.3. The number of hydrogen-bond donors (Lipinski definition) is 0. The zero-order valence-corrected chi connectivity index (χ0v) is 13.2. The lowest BCUT2D eigenvalue weighted by atomic mass is 10.2. The highest BCUT2D eigenvalue weighted by atomic mass is 32.2. The van der Waals surface area contributed by atoms with E-state index in [0.29, 0.717) is 5.69 Å². The largest absolute Gasteiger partial charge is 0.455 e. The molecule has 1 aliphatic heterocycles. The molecule has 7 heteroatoms. The van der Waals surface area contributed by atoms with Crippen LogP contribution in [0.4, 0.5) is 5.69 Å². The molecule has 3 rings (SSSR count). The molecular weight excluding hydrogens is 318 g/mol. The maximum Gasteiger partial charge on any atom is 0.309 e. The van der Waals surface area contributed by atoms with Crippen LogP contribution in [0.1, 0.15) is 12.8 Å². The highest BCUT2D eigenvalue weighted by Crippen LogP contribution is 2.30. The molecule has 1 aliphatic carbocycles. The van der Waals surface area contributed by atoms with Crippen LogP contribution in [0.25, 0.3) is 0 Å². The summed E-state index contributed by atoms with van der Waals surface area (Å²) in [5, 5.41) is 1.12. The van der Waals surface area contributed by atoms with Gasteiger partial charge in [-0.25, -0.2) is 8.42 Å². The lowest BCUT2D eigenvalue weighted by Gasteiger charge is -2.27. The maximum absolute atomic E-state index is 12.5. The van der Waals surface area contributed by atoms with Gasteiger partial charge >= 0.3 is 5.97 Å². The fourth-order valence-electron chi connectivity index (χ4n) is 2.47. The van der Waals surface area contributed by atoms with Gasteiger partial charge in [-0.2, -0.15) is 0 Å². The average Bonchev–Trinajstić information content (AvgIpc) is 3.31. The predicted octanol–water partition coefficient (Wildman–Crippen LogP) is 1.28. The van der Waals surface area contributed by atoms with E-state index in [4.69, 9.17) is 4.74 Å². The molecule has 0 unspecified atom stereocenters. The maximum atomic E-state index is 12.5. The van der Waals surface area contributed by atoms with Gasteiger partial charge in [0.15, 0.2) is 16.4 Å². The van der Waals surface area contributed by atoms with E-state index in [9.17, 15) is 18.0 Å². The average molecular weight is 335 g/mol. The third-order valence-electron chi connectivity index (χ3n) is 3.79. The Morgan fingerprint density at radius 1 is 1.17 bits per heavy atom. The van der Waals surface area contributed by atoms with Crippen molar-refractivity contribution in [1.82, 2.24) is 0 Å². The Hall–Kier alpha value is -2.15. The first-order valence-corrected chi connectivity index (χ1v) is 9.12. The first-order chi connectivity index (χ1) is 11.0.